The van der Waals surface area contributed by atoms with Crippen molar-refractivity contribution in [2.45, 2.75) is 25.4 Å². The maximum Gasteiger partial charge on any atom is 0.156 e. The Hall–Kier alpha value is -2.64. The van der Waals surface area contributed by atoms with Crippen molar-refractivity contribution in [1.29, 1.82) is 0 Å². The van der Waals surface area contributed by atoms with E-state index in [1.54, 1.807) is 0 Å². The fourth-order valence-corrected chi connectivity index (χ4v) is 4.19. The smallest absolute Gasteiger partial charge is 0.156 e. The summed E-state index contributed by atoms with van der Waals surface area (Å²) in [6.45, 7) is 4.99. The number of aromatic nitrogens is 3. The molecule has 152 valence electrons. The van der Waals surface area contributed by atoms with Gasteiger partial charge >= 0.3 is 0 Å². The van der Waals surface area contributed by atoms with Crippen LogP contribution in [0.5, 0.6) is 0 Å². The fraction of sp³-hybridized carbons (Fsp3) is 0.455. The number of benzene rings is 1. The maximum atomic E-state index is 9.71. The zero-order valence-corrected chi connectivity index (χ0v) is 16.5. The van der Waals surface area contributed by atoms with Gasteiger partial charge in [0.05, 0.1) is 24.8 Å². The largest absolute Gasteiger partial charge is 0.393 e. The lowest BCUT2D eigenvalue weighted by atomic mass is 10.1. The van der Waals surface area contributed by atoms with Crippen LogP contribution in [-0.2, 0) is 11.2 Å². The molecule has 2 aromatic heterocycles. The Kier molecular flexibility index (Phi) is 5.08. The van der Waals surface area contributed by atoms with Gasteiger partial charge in [0, 0.05) is 44.5 Å². The van der Waals surface area contributed by atoms with E-state index in [4.69, 9.17) is 14.7 Å². The summed E-state index contributed by atoms with van der Waals surface area (Å²) in [5.74, 6) is 1.81. The van der Waals surface area contributed by atoms with E-state index >= 15 is 0 Å². The molecule has 1 aromatic carbocycles. The number of rotatable bonds is 4. The third kappa shape index (κ3) is 3.93. The number of H-pyrrole nitrogens is 1. The van der Waals surface area contributed by atoms with Crippen molar-refractivity contribution in [2.24, 2.45) is 0 Å². The van der Waals surface area contributed by atoms with Crippen molar-refractivity contribution in [3.63, 3.8) is 0 Å². The lowest BCUT2D eigenvalue weighted by Crippen LogP contribution is -2.37. The summed E-state index contributed by atoms with van der Waals surface area (Å²) in [4.78, 5) is 17.6. The fourth-order valence-electron chi connectivity index (χ4n) is 4.19. The van der Waals surface area contributed by atoms with Crippen LogP contribution in [0.4, 0.5) is 11.5 Å². The number of nitrogens with zero attached hydrogens (tertiary/aromatic N) is 4. The molecule has 4 heterocycles. The maximum absolute atomic E-state index is 9.71. The molecule has 2 aliphatic rings. The molecule has 0 aliphatic carbocycles. The van der Waals surface area contributed by atoms with E-state index in [2.05, 4.69) is 39.0 Å². The first-order chi connectivity index (χ1) is 14.3. The molecule has 0 amide bonds. The summed E-state index contributed by atoms with van der Waals surface area (Å²) in [7, 11) is 0. The van der Waals surface area contributed by atoms with E-state index < -0.39 is 0 Å². The molecular weight excluding hydrogens is 366 g/mol. The topological polar surface area (TPSA) is 77.5 Å². The van der Waals surface area contributed by atoms with Crippen LogP contribution in [0.25, 0.3) is 11.0 Å². The van der Waals surface area contributed by atoms with Crippen molar-refractivity contribution in [3.8, 4) is 0 Å². The second-order valence-electron chi connectivity index (χ2n) is 7.86. The van der Waals surface area contributed by atoms with Gasteiger partial charge in [-0.25, -0.2) is 9.97 Å². The molecule has 0 saturated carbocycles. The second-order valence-corrected chi connectivity index (χ2v) is 7.86. The highest BCUT2D eigenvalue weighted by molar-refractivity contribution is 5.86. The Morgan fingerprint density at radius 1 is 0.966 bits per heavy atom. The zero-order chi connectivity index (χ0) is 19.6. The van der Waals surface area contributed by atoms with Crippen molar-refractivity contribution in [3.05, 3.63) is 47.9 Å². The summed E-state index contributed by atoms with van der Waals surface area (Å²) in [6, 6.07) is 10.7. The highest BCUT2D eigenvalue weighted by Crippen LogP contribution is 2.25. The van der Waals surface area contributed by atoms with Crippen molar-refractivity contribution >= 4 is 22.5 Å². The number of nitrogens with one attached hydrogen (secondary N) is 1. The molecule has 0 spiro atoms. The third-order valence-corrected chi connectivity index (χ3v) is 5.87. The Bertz CT molecular complexity index is 957. The van der Waals surface area contributed by atoms with Gasteiger partial charge < -0.3 is 24.6 Å². The standard InChI is InChI=1S/C22H27N5O2/c28-18-6-9-26(10-7-18)17-3-1-16(2-4-17)15-20-24-19-5-8-23-21(19)22(25-20)27-11-13-29-14-12-27/h1-5,8,18,23,28H,6-7,9-15H2. The minimum Gasteiger partial charge on any atom is -0.393 e. The quantitative estimate of drug-likeness (QED) is 0.709. The number of anilines is 2. The predicted molar refractivity (Wildman–Crippen MR) is 114 cm³/mol. The molecule has 2 saturated heterocycles. The Morgan fingerprint density at radius 2 is 1.72 bits per heavy atom. The third-order valence-electron chi connectivity index (χ3n) is 5.87. The summed E-state index contributed by atoms with van der Waals surface area (Å²) >= 11 is 0. The van der Waals surface area contributed by atoms with Crippen molar-refractivity contribution in [1.82, 2.24) is 15.0 Å². The van der Waals surface area contributed by atoms with Gasteiger partial charge in [-0.2, -0.15) is 0 Å². The van der Waals surface area contributed by atoms with Crippen LogP contribution in [0.2, 0.25) is 0 Å². The van der Waals surface area contributed by atoms with Crippen molar-refractivity contribution in [2.75, 3.05) is 49.2 Å². The molecule has 2 fully saturated rings. The van der Waals surface area contributed by atoms with Gasteiger partial charge in [0.1, 0.15) is 11.3 Å². The lowest BCUT2D eigenvalue weighted by molar-refractivity contribution is 0.122. The number of ether oxygens (including phenoxy) is 1. The van der Waals surface area contributed by atoms with Gasteiger partial charge in [-0.05, 0) is 36.6 Å². The average molecular weight is 393 g/mol. The van der Waals surface area contributed by atoms with E-state index in [9.17, 15) is 5.11 Å². The summed E-state index contributed by atoms with van der Waals surface area (Å²) < 4.78 is 5.49. The predicted octanol–water partition coefficient (Wildman–Crippen LogP) is 2.35. The zero-order valence-electron chi connectivity index (χ0n) is 16.5. The first-order valence-corrected chi connectivity index (χ1v) is 10.4. The highest BCUT2D eigenvalue weighted by Gasteiger charge is 2.19. The van der Waals surface area contributed by atoms with E-state index in [0.29, 0.717) is 6.42 Å². The van der Waals surface area contributed by atoms with Crippen LogP contribution in [-0.4, -0.2) is 65.6 Å². The number of morpholine rings is 1. The van der Waals surface area contributed by atoms with Crippen LogP contribution >= 0.6 is 0 Å². The summed E-state index contributed by atoms with van der Waals surface area (Å²) in [5, 5.41) is 9.71. The van der Waals surface area contributed by atoms with Gasteiger partial charge in [-0.15, -0.1) is 0 Å². The van der Waals surface area contributed by atoms with Crippen molar-refractivity contribution < 1.29 is 9.84 Å². The monoisotopic (exact) mass is 393 g/mol. The molecule has 0 radical (unpaired) electrons. The van der Waals surface area contributed by atoms with Crippen LogP contribution in [0, 0.1) is 0 Å². The number of piperidine rings is 1. The molecule has 0 atom stereocenters. The number of hydrogen-bond donors (Lipinski definition) is 2. The van der Waals surface area contributed by atoms with Gasteiger partial charge in [-0.3, -0.25) is 0 Å². The molecule has 2 N–H and O–H groups in total. The summed E-state index contributed by atoms with van der Waals surface area (Å²) in [6.07, 6.45) is 4.17. The number of fused-ring (bicyclic) bond motifs is 1. The minimum atomic E-state index is -0.147. The normalized spacial score (nSPS) is 18.5. The number of aliphatic hydroxyl groups is 1. The number of aliphatic hydroxyl groups excluding tert-OH is 1. The first kappa shape index (κ1) is 18.4. The Labute approximate surface area is 170 Å². The van der Waals surface area contributed by atoms with Gasteiger partial charge in [0.15, 0.2) is 5.82 Å². The molecule has 7 nitrogen and oxygen atoms in total. The van der Waals surface area contributed by atoms with Gasteiger partial charge in [0.2, 0.25) is 0 Å². The van der Waals surface area contributed by atoms with Crippen LogP contribution < -0.4 is 9.80 Å². The van der Waals surface area contributed by atoms with E-state index in [0.717, 1.165) is 74.9 Å². The lowest BCUT2D eigenvalue weighted by Gasteiger charge is -2.31. The SMILES string of the molecule is OC1CCN(c2ccc(Cc3nc(N4CCOCC4)c4[nH]ccc4n3)cc2)CC1. The van der Waals surface area contributed by atoms with E-state index in [1.807, 2.05) is 12.3 Å². The highest BCUT2D eigenvalue weighted by atomic mass is 16.5. The molecule has 2 aliphatic heterocycles. The Morgan fingerprint density at radius 3 is 2.48 bits per heavy atom. The molecule has 0 unspecified atom stereocenters. The molecule has 7 heteroatoms. The first-order valence-electron chi connectivity index (χ1n) is 10.4. The van der Waals surface area contributed by atoms with Crippen LogP contribution in [0.15, 0.2) is 36.5 Å². The van der Waals surface area contributed by atoms with E-state index in [-0.39, 0.29) is 6.10 Å². The number of aromatic amines is 1. The second kappa shape index (κ2) is 8.00. The average Bonchev–Trinajstić information content (AvgIpc) is 3.24. The number of hydrogen-bond acceptors (Lipinski definition) is 6. The van der Waals surface area contributed by atoms with Crippen LogP contribution in [0.1, 0.15) is 24.2 Å². The summed E-state index contributed by atoms with van der Waals surface area (Å²) in [5.41, 5.74) is 4.38. The Balaban J connectivity index is 1.36. The van der Waals surface area contributed by atoms with Gasteiger partial charge in [-0.1, -0.05) is 12.1 Å². The molecule has 0 bridgehead atoms. The molecular formula is C22H27N5O2. The molecule has 3 aromatic rings. The van der Waals surface area contributed by atoms with Gasteiger partial charge in [0.25, 0.3) is 0 Å². The minimum absolute atomic E-state index is 0.147. The van der Waals surface area contributed by atoms with Crippen LogP contribution in [0.3, 0.4) is 0 Å². The molecule has 5 rings (SSSR count). The molecule has 29 heavy (non-hydrogen) atoms. The van der Waals surface area contributed by atoms with E-state index in [1.165, 1.54) is 11.3 Å².